The molecule has 0 bridgehead atoms. The normalized spacial score (nSPS) is 12.2. The van der Waals surface area contributed by atoms with Gasteiger partial charge in [0.15, 0.2) is 0 Å². The maximum absolute atomic E-state index is 4.73. The molecular formula is C20H18N4S. The third kappa shape index (κ3) is 2.98. The molecule has 0 N–H and O–H groups in total. The minimum atomic E-state index is 0.109. The molecule has 0 radical (unpaired) electrons. The molecule has 0 aliphatic carbocycles. The van der Waals surface area contributed by atoms with Crippen molar-refractivity contribution in [2.24, 2.45) is 0 Å². The minimum absolute atomic E-state index is 0.109. The van der Waals surface area contributed by atoms with E-state index in [2.05, 4.69) is 39.0 Å². The highest BCUT2D eigenvalue weighted by atomic mass is 32.1. The summed E-state index contributed by atoms with van der Waals surface area (Å²) in [5.74, 6) is 0. The molecule has 0 amide bonds. The molecule has 5 heteroatoms. The van der Waals surface area contributed by atoms with E-state index < -0.39 is 0 Å². The summed E-state index contributed by atoms with van der Waals surface area (Å²) < 4.78 is 2.20. The molecule has 4 rings (SSSR count). The van der Waals surface area contributed by atoms with Crippen LogP contribution in [0.1, 0.15) is 23.7 Å². The van der Waals surface area contributed by atoms with Crippen molar-refractivity contribution in [3.63, 3.8) is 0 Å². The van der Waals surface area contributed by atoms with Gasteiger partial charge in [0, 0.05) is 28.9 Å². The van der Waals surface area contributed by atoms with E-state index in [1.54, 1.807) is 11.3 Å². The lowest BCUT2D eigenvalue weighted by Gasteiger charge is -2.16. The van der Waals surface area contributed by atoms with Gasteiger partial charge in [-0.05, 0) is 26.0 Å². The molecule has 0 spiro atoms. The van der Waals surface area contributed by atoms with Gasteiger partial charge in [-0.15, -0.1) is 11.3 Å². The monoisotopic (exact) mass is 346 g/mol. The summed E-state index contributed by atoms with van der Waals surface area (Å²) in [5, 5.41) is 3.20. The molecule has 4 nitrogen and oxygen atoms in total. The Morgan fingerprint density at radius 2 is 1.76 bits per heavy atom. The summed E-state index contributed by atoms with van der Waals surface area (Å²) in [6.07, 6.45) is 5.55. The molecule has 0 fully saturated rings. The maximum Gasteiger partial charge on any atom is 0.0965 e. The first-order valence-corrected chi connectivity index (χ1v) is 9.06. The molecule has 0 saturated carbocycles. The summed E-state index contributed by atoms with van der Waals surface area (Å²) in [6.45, 7) is 4.20. The number of aryl methyl sites for hydroxylation is 1. The number of pyridine rings is 1. The number of thiazole rings is 1. The largest absolute Gasteiger partial charge is 0.321 e. The average Bonchev–Trinajstić information content (AvgIpc) is 3.29. The van der Waals surface area contributed by atoms with Crippen LogP contribution >= 0.6 is 11.3 Å². The number of aromatic nitrogens is 4. The Balaban J connectivity index is 1.89. The molecule has 3 aromatic heterocycles. The van der Waals surface area contributed by atoms with Crippen molar-refractivity contribution in [2.75, 3.05) is 0 Å². The molecule has 1 aromatic carbocycles. The number of rotatable bonds is 4. The number of hydrogen-bond acceptors (Lipinski definition) is 4. The number of nitrogens with zero attached hydrogens (tertiary/aromatic N) is 4. The van der Waals surface area contributed by atoms with Gasteiger partial charge in [0.05, 0.1) is 34.5 Å². The predicted octanol–water partition coefficient (Wildman–Crippen LogP) is 4.99. The second-order valence-corrected chi connectivity index (χ2v) is 6.98. The first-order valence-electron chi connectivity index (χ1n) is 8.18. The average molecular weight is 346 g/mol. The summed E-state index contributed by atoms with van der Waals surface area (Å²) >= 11 is 1.68. The number of imidazole rings is 1. The van der Waals surface area contributed by atoms with Crippen LogP contribution in [0.5, 0.6) is 0 Å². The van der Waals surface area contributed by atoms with Gasteiger partial charge in [-0.1, -0.05) is 30.3 Å². The summed E-state index contributed by atoms with van der Waals surface area (Å²) in [6, 6.07) is 14.4. The zero-order chi connectivity index (χ0) is 17.2. The van der Waals surface area contributed by atoms with Crippen molar-refractivity contribution in [1.82, 2.24) is 19.5 Å². The molecule has 1 atom stereocenters. The highest BCUT2D eigenvalue weighted by Crippen LogP contribution is 2.34. The number of hydrogen-bond donors (Lipinski definition) is 0. The Bertz CT molecular complexity index is 973. The van der Waals surface area contributed by atoms with Gasteiger partial charge in [-0.3, -0.25) is 4.98 Å². The molecular weight excluding hydrogens is 328 g/mol. The zero-order valence-corrected chi connectivity index (χ0v) is 14.9. The van der Waals surface area contributed by atoms with Crippen molar-refractivity contribution < 1.29 is 0 Å². The van der Waals surface area contributed by atoms with Crippen LogP contribution in [0.4, 0.5) is 0 Å². The van der Waals surface area contributed by atoms with Crippen LogP contribution in [0.2, 0.25) is 0 Å². The zero-order valence-electron chi connectivity index (χ0n) is 14.1. The highest BCUT2D eigenvalue weighted by Gasteiger charge is 2.20. The van der Waals surface area contributed by atoms with E-state index in [1.165, 1.54) is 0 Å². The lowest BCUT2D eigenvalue weighted by Crippen LogP contribution is -2.08. The summed E-state index contributed by atoms with van der Waals surface area (Å²) in [4.78, 5) is 13.5. The Labute approximate surface area is 150 Å². The quantitative estimate of drug-likeness (QED) is 0.523. The smallest absolute Gasteiger partial charge is 0.0965 e. The van der Waals surface area contributed by atoms with E-state index in [4.69, 9.17) is 4.98 Å². The molecule has 3 heterocycles. The minimum Gasteiger partial charge on any atom is -0.321 e. The third-order valence-electron chi connectivity index (χ3n) is 4.28. The van der Waals surface area contributed by atoms with Crippen LogP contribution in [-0.2, 0) is 0 Å². The Morgan fingerprint density at radius 3 is 2.44 bits per heavy atom. The van der Waals surface area contributed by atoms with Crippen LogP contribution in [0, 0.1) is 6.92 Å². The van der Waals surface area contributed by atoms with Crippen molar-refractivity contribution in [3.8, 4) is 22.5 Å². The van der Waals surface area contributed by atoms with Crippen LogP contribution < -0.4 is 0 Å². The molecule has 124 valence electrons. The van der Waals surface area contributed by atoms with E-state index in [-0.39, 0.29) is 6.04 Å². The van der Waals surface area contributed by atoms with E-state index in [0.717, 1.165) is 33.2 Å². The fourth-order valence-electron chi connectivity index (χ4n) is 2.97. The number of benzene rings is 1. The van der Waals surface area contributed by atoms with Gasteiger partial charge in [-0.2, -0.15) is 0 Å². The third-order valence-corrected chi connectivity index (χ3v) is 5.07. The van der Waals surface area contributed by atoms with Crippen molar-refractivity contribution in [3.05, 3.63) is 77.3 Å². The molecule has 25 heavy (non-hydrogen) atoms. The fraction of sp³-hybridized carbons (Fsp3) is 0.150. The van der Waals surface area contributed by atoms with Gasteiger partial charge in [-0.25, -0.2) is 9.97 Å². The highest BCUT2D eigenvalue weighted by molar-refractivity contribution is 7.09. The Morgan fingerprint density at radius 1 is 1.00 bits per heavy atom. The van der Waals surface area contributed by atoms with E-state index >= 15 is 0 Å². The van der Waals surface area contributed by atoms with Gasteiger partial charge in [0.1, 0.15) is 0 Å². The van der Waals surface area contributed by atoms with E-state index in [0.29, 0.717) is 0 Å². The molecule has 0 saturated heterocycles. The Hall–Kier alpha value is -2.79. The van der Waals surface area contributed by atoms with Gasteiger partial charge < -0.3 is 4.57 Å². The van der Waals surface area contributed by atoms with Gasteiger partial charge in [0.25, 0.3) is 0 Å². The fourth-order valence-corrected chi connectivity index (χ4v) is 3.67. The molecule has 4 aromatic rings. The van der Waals surface area contributed by atoms with Gasteiger partial charge in [0.2, 0.25) is 0 Å². The van der Waals surface area contributed by atoms with Crippen LogP contribution in [0.3, 0.4) is 0 Å². The molecule has 0 aliphatic rings. The summed E-state index contributed by atoms with van der Waals surface area (Å²) in [7, 11) is 0. The van der Waals surface area contributed by atoms with Crippen LogP contribution in [0.25, 0.3) is 22.5 Å². The van der Waals surface area contributed by atoms with Crippen molar-refractivity contribution >= 4 is 11.3 Å². The van der Waals surface area contributed by atoms with Crippen LogP contribution in [-0.4, -0.2) is 19.5 Å². The molecule has 0 aliphatic heterocycles. The second kappa shape index (κ2) is 6.61. The SMILES string of the molecule is Cc1nc([C@@H](C)n2cnc(-c3ccccc3)c2-c2ccncc2)cs1. The lowest BCUT2D eigenvalue weighted by molar-refractivity contribution is 0.628. The lowest BCUT2D eigenvalue weighted by atomic mass is 10.0. The van der Waals surface area contributed by atoms with E-state index in [9.17, 15) is 0 Å². The Kier molecular flexibility index (Phi) is 4.15. The topological polar surface area (TPSA) is 43.6 Å². The second-order valence-electron chi connectivity index (χ2n) is 5.92. The molecule has 0 unspecified atom stereocenters. The van der Waals surface area contributed by atoms with Crippen molar-refractivity contribution in [2.45, 2.75) is 19.9 Å². The van der Waals surface area contributed by atoms with Crippen molar-refractivity contribution in [1.29, 1.82) is 0 Å². The van der Waals surface area contributed by atoms with Crippen LogP contribution in [0.15, 0.2) is 66.6 Å². The van der Waals surface area contributed by atoms with Gasteiger partial charge >= 0.3 is 0 Å². The summed E-state index contributed by atoms with van der Waals surface area (Å²) in [5.41, 5.74) is 5.34. The maximum atomic E-state index is 4.73. The first kappa shape index (κ1) is 15.7. The predicted molar refractivity (Wildman–Crippen MR) is 102 cm³/mol. The standard InChI is InChI=1S/C20H18N4S/c1-14(18-12-25-15(2)23-18)24-13-22-19(16-6-4-3-5-7-16)20(24)17-8-10-21-11-9-17/h3-14H,1-2H3/t14-/m1/s1. The first-order chi connectivity index (χ1) is 12.2. The van der Waals surface area contributed by atoms with E-state index in [1.807, 2.05) is 56.0 Å².